The molecule has 3 heteroatoms. The van der Waals surface area contributed by atoms with E-state index in [4.69, 9.17) is 5.73 Å². The summed E-state index contributed by atoms with van der Waals surface area (Å²) in [5, 5.41) is 2.88. The van der Waals surface area contributed by atoms with Crippen molar-refractivity contribution in [1.29, 1.82) is 0 Å². The highest BCUT2D eigenvalue weighted by molar-refractivity contribution is 5.81. The van der Waals surface area contributed by atoms with Crippen LogP contribution in [0.4, 0.5) is 0 Å². The number of rotatable bonds is 6. The minimum absolute atomic E-state index is 0.0142. The highest BCUT2D eigenvalue weighted by Gasteiger charge is 2.18. The summed E-state index contributed by atoms with van der Waals surface area (Å²) in [6, 6.07) is -0.357. The van der Waals surface area contributed by atoms with Crippen LogP contribution in [0.3, 0.4) is 0 Å². The molecule has 0 bridgehead atoms. The van der Waals surface area contributed by atoms with Crippen LogP contribution in [0.2, 0.25) is 0 Å². The molecule has 0 fully saturated rings. The molecule has 3 unspecified atom stereocenters. The summed E-state index contributed by atoms with van der Waals surface area (Å²) in [6.45, 7) is 9.03. The van der Waals surface area contributed by atoms with Crippen LogP contribution < -0.4 is 11.1 Å². The van der Waals surface area contributed by atoms with Crippen molar-refractivity contribution >= 4 is 5.91 Å². The molecule has 0 aromatic rings. The van der Waals surface area contributed by atoms with Crippen molar-refractivity contribution in [2.45, 2.75) is 46.6 Å². The highest BCUT2D eigenvalue weighted by atomic mass is 16.2. The van der Waals surface area contributed by atoms with Crippen LogP contribution >= 0.6 is 0 Å². The molecule has 3 nitrogen and oxygen atoms in total. The van der Waals surface area contributed by atoms with E-state index in [2.05, 4.69) is 19.2 Å². The zero-order chi connectivity index (χ0) is 11.1. The van der Waals surface area contributed by atoms with Crippen molar-refractivity contribution in [2.24, 2.45) is 17.6 Å². The zero-order valence-corrected chi connectivity index (χ0v) is 9.84. The molecule has 0 aliphatic heterocycles. The Bertz CT molecular complexity index is 171. The molecule has 0 aliphatic carbocycles. The number of carbonyl (C=O) groups excluding carboxylic acids is 1. The minimum Gasteiger partial charge on any atom is -0.354 e. The Kier molecular flexibility index (Phi) is 6.54. The second-order valence-corrected chi connectivity index (χ2v) is 4.17. The minimum atomic E-state index is -0.357. The Labute approximate surface area is 87.4 Å². The van der Waals surface area contributed by atoms with Crippen LogP contribution in [0.25, 0.3) is 0 Å². The number of nitrogens with two attached hydrogens (primary N) is 1. The van der Waals surface area contributed by atoms with Gasteiger partial charge in [-0.2, -0.15) is 0 Å². The van der Waals surface area contributed by atoms with Gasteiger partial charge in [-0.25, -0.2) is 0 Å². The van der Waals surface area contributed by atoms with Gasteiger partial charge in [0.15, 0.2) is 0 Å². The quantitative estimate of drug-likeness (QED) is 0.683. The lowest BCUT2D eigenvalue weighted by atomic mass is 9.99. The fourth-order valence-corrected chi connectivity index (χ4v) is 1.05. The van der Waals surface area contributed by atoms with Gasteiger partial charge in [-0.15, -0.1) is 0 Å². The molecule has 0 aromatic heterocycles. The summed E-state index contributed by atoms with van der Waals surface area (Å²) in [5.41, 5.74) is 5.79. The smallest absolute Gasteiger partial charge is 0.237 e. The molecule has 0 saturated carbocycles. The van der Waals surface area contributed by atoms with E-state index in [1.165, 1.54) is 0 Å². The molecule has 1 amide bonds. The number of amides is 1. The van der Waals surface area contributed by atoms with Crippen LogP contribution in [0.1, 0.15) is 40.5 Å². The van der Waals surface area contributed by atoms with E-state index in [0.29, 0.717) is 5.92 Å². The molecule has 0 heterocycles. The van der Waals surface area contributed by atoms with Gasteiger partial charge in [-0.1, -0.05) is 40.5 Å². The van der Waals surface area contributed by atoms with Crippen LogP contribution in [0.15, 0.2) is 0 Å². The van der Waals surface area contributed by atoms with Crippen molar-refractivity contribution in [2.75, 3.05) is 6.54 Å². The molecule has 0 rings (SSSR count). The number of nitrogens with one attached hydrogen (secondary N) is 1. The topological polar surface area (TPSA) is 55.1 Å². The van der Waals surface area contributed by atoms with Gasteiger partial charge in [0.05, 0.1) is 6.04 Å². The largest absolute Gasteiger partial charge is 0.354 e. The molecular weight excluding hydrogens is 176 g/mol. The average molecular weight is 200 g/mol. The number of carbonyl (C=O) groups is 1. The molecule has 0 saturated heterocycles. The van der Waals surface area contributed by atoms with Crippen LogP contribution in [-0.4, -0.2) is 18.5 Å². The van der Waals surface area contributed by atoms with Crippen LogP contribution in [0, 0.1) is 11.8 Å². The van der Waals surface area contributed by atoms with Gasteiger partial charge in [0.25, 0.3) is 0 Å². The summed E-state index contributed by atoms with van der Waals surface area (Å²) in [4.78, 5) is 11.5. The second kappa shape index (κ2) is 6.82. The van der Waals surface area contributed by atoms with Crippen molar-refractivity contribution in [3.8, 4) is 0 Å². The third-order valence-electron chi connectivity index (χ3n) is 2.88. The number of hydrogen-bond acceptors (Lipinski definition) is 2. The first-order valence-corrected chi connectivity index (χ1v) is 5.56. The zero-order valence-electron chi connectivity index (χ0n) is 9.84. The van der Waals surface area contributed by atoms with Crippen LogP contribution in [-0.2, 0) is 4.79 Å². The monoisotopic (exact) mass is 200 g/mol. The molecule has 0 spiro atoms. The predicted molar refractivity (Wildman–Crippen MR) is 59.9 cm³/mol. The molecule has 3 N–H and O–H groups in total. The average Bonchev–Trinajstić information content (AvgIpc) is 2.22. The number of hydrogen-bond donors (Lipinski definition) is 2. The Morgan fingerprint density at radius 3 is 2.29 bits per heavy atom. The van der Waals surface area contributed by atoms with E-state index in [0.717, 1.165) is 19.4 Å². The fourth-order valence-electron chi connectivity index (χ4n) is 1.05. The molecule has 0 aromatic carbocycles. The lowest BCUT2D eigenvalue weighted by Crippen LogP contribution is -2.45. The molecule has 0 radical (unpaired) electrons. The summed E-state index contributed by atoms with van der Waals surface area (Å²) in [5.74, 6) is 0.773. The molecule has 0 aliphatic rings. The first-order valence-electron chi connectivity index (χ1n) is 5.56. The maximum atomic E-state index is 11.5. The van der Waals surface area contributed by atoms with Gasteiger partial charge in [0, 0.05) is 6.54 Å². The van der Waals surface area contributed by atoms with Gasteiger partial charge in [-0.3, -0.25) is 4.79 Å². The van der Waals surface area contributed by atoms with Crippen molar-refractivity contribution < 1.29 is 4.79 Å². The molecule has 3 atom stereocenters. The summed E-state index contributed by atoms with van der Waals surface area (Å²) < 4.78 is 0. The third-order valence-corrected chi connectivity index (χ3v) is 2.88. The van der Waals surface area contributed by atoms with Crippen molar-refractivity contribution in [3.05, 3.63) is 0 Å². The van der Waals surface area contributed by atoms with E-state index in [-0.39, 0.29) is 17.9 Å². The van der Waals surface area contributed by atoms with E-state index < -0.39 is 0 Å². The summed E-state index contributed by atoms with van der Waals surface area (Å²) in [7, 11) is 0. The molecule has 14 heavy (non-hydrogen) atoms. The predicted octanol–water partition coefficient (Wildman–Crippen LogP) is 1.52. The maximum absolute atomic E-state index is 11.5. The van der Waals surface area contributed by atoms with Gasteiger partial charge in [0.2, 0.25) is 5.91 Å². The second-order valence-electron chi connectivity index (χ2n) is 4.17. The normalized spacial score (nSPS) is 17.2. The Hall–Kier alpha value is -0.570. The van der Waals surface area contributed by atoms with Crippen molar-refractivity contribution in [1.82, 2.24) is 5.32 Å². The molecular formula is C11H24N2O. The van der Waals surface area contributed by atoms with E-state index >= 15 is 0 Å². The molecule has 84 valence electrons. The Balaban J connectivity index is 3.84. The van der Waals surface area contributed by atoms with Crippen molar-refractivity contribution in [3.63, 3.8) is 0 Å². The van der Waals surface area contributed by atoms with E-state index in [1.54, 1.807) is 0 Å². The van der Waals surface area contributed by atoms with Gasteiger partial charge >= 0.3 is 0 Å². The maximum Gasteiger partial charge on any atom is 0.237 e. The Morgan fingerprint density at radius 1 is 1.29 bits per heavy atom. The summed E-state index contributed by atoms with van der Waals surface area (Å²) in [6.07, 6.45) is 2.02. The van der Waals surface area contributed by atoms with E-state index in [9.17, 15) is 4.79 Å². The Morgan fingerprint density at radius 2 is 1.86 bits per heavy atom. The van der Waals surface area contributed by atoms with E-state index in [1.807, 2.05) is 13.8 Å². The fraction of sp³-hybridized carbons (Fsp3) is 0.909. The lowest BCUT2D eigenvalue weighted by Gasteiger charge is -2.19. The van der Waals surface area contributed by atoms with Gasteiger partial charge in [0.1, 0.15) is 0 Å². The van der Waals surface area contributed by atoms with Gasteiger partial charge < -0.3 is 11.1 Å². The first kappa shape index (κ1) is 13.4. The van der Waals surface area contributed by atoms with Gasteiger partial charge in [-0.05, 0) is 11.8 Å². The standard InChI is InChI=1S/C11H24N2O/c1-5-8(3)7-13-11(14)10(12)9(4)6-2/h8-10H,5-7,12H2,1-4H3,(H,13,14). The third kappa shape index (κ3) is 4.61. The summed E-state index contributed by atoms with van der Waals surface area (Å²) >= 11 is 0. The highest BCUT2D eigenvalue weighted by Crippen LogP contribution is 2.05. The lowest BCUT2D eigenvalue weighted by molar-refractivity contribution is -0.123. The first-order chi connectivity index (χ1) is 6.52. The SMILES string of the molecule is CCC(C)CNC(=O)C(N)C(C)CC. The van der Waals surface area contributed by atoms with Crippen LogP contribution in [0.5, 0.6) is 0 Å².